The molecule has 5 heteroatoms. The Bertz CT molecular complexity index is 350. The molecule has 1 aliphatic rings. The van der Waals surface area contributed by atoms with Crippen LogP contribution in [0.5, 0.6) is 0 Å². The highest BCUT2D eigenvalue weighted by molar-refractivity contribution is 8.03. The summed E-state index contributed by atoms with van der Waals surface area (Å²) in [6.45, 7) is 7.37. The van der Waals surface area contributed by atoms with Crippen molar-refractivity contribution >= 4 is 11.8 Å². The first-order valence-corrected chi connectivity index (χ1v) is 10.8. The zero-order chi connectivity index (χ0) is 17.6. The molecular weight excluding hydrogens is 318 g/mol. The Labute approximate surface area is 153 Å². The maximum Gasteiger partial charge on any atom is 0.0668 e. The van der Waals surface area contributed by atoms with Gasteiger partial charge in [-0.1, -0.05) is 13.8 Å². The second-order valence-electron chi connectivity index (χ2n) is 6.70. The summed E-state index contributed by atoms with van der Waals surface area (Å²) in [6, 6.07) is 0.527. The Morgan fingerprint density at radius 2 is 2.04 bits per heavy atom. The van der Waals surface area contributed by atoms with Gasteiger partial charge in [0.1, 0.15) is 0 Å². The van der Waals surface area contributed by atoms with Crippen LogP contribution in [0.15, 0.2) is 10.6 Å². The molecule has 0 aromatic rings. The van der Waals surface area contributed by atoms with E-state index in [0.29, 0.717) is 12.6 Å². The van der Waals surface area contributed by atoms with Gasteiger partial charge in [-0.2, -0.15) is 0 Å². The smallest absolute Gasteiger partial charge is 0.0668 e. The van der Waals surface area contributed by atoms with E-state index in [0.717, 1.165) is 38.8 Å². The number of aliphatic hydroxyl groups is 1. The highest BCUT2D eigenvalue weighted by Crippen LogP contribution is 2.31. The molecule has 0 spiro atoms. The quantitative estimate of drug-likeness (QED) is 0.360. The highest BCUT2D eigenvalue weighted by atomic mass is 32.2. The van der Waals surface area contributed by atoms with Gasteiger partial charge in [0.05, 0.1) is 6.10 Å². The van der Waals surface area contributed by atoms with Gasteiger partial charge in [0.25, 0.3) is 0 Å². The lowest BCUT2D eigenvalue weighted by Gasteiger charge is -2.22. The topological polar surface area (TPSA) is 56.3 Å². The fraction of sp³-hybridized carbons (Fsp3) is 0.895. The Morgan fingerprint density at radius 3 is 2.75 bits per heavy atom. The summed E-state index contributed by atoms with van der Waals surface area (Å²) < 4.78 is 0. The number of hydrogen-bond donors (Lipinski definition) is 4. The average molecular weight is 358 g/mol. The molecule has 0 saturated carbocycles. The van der Waals surface area contributed by atoms with Crippen LogP contribution in [0.2, 0.25) is 0 Å². The third-order valence-electron chi connectivity index (χ3n) is 4.66. The van der Waals surface area contributed by atoms with Crippen molar-refractivity contribution in [2.75, 3.05) is 32.4 Å². The van der Waals surface area contributed by atoms with E-state index < -0.39 is 0 Å². The summed E-state index contributed by atoms with van der Waals surface area (Å²) in [4.78, 5) is 1.46. The third-order valence-corrected chi connectivity index (χ3v) is 5.95. The summed E-state index contributed by atoms with van der Waals surface area (Å²) in [5, 5.41) is 20.6. The number of hydrogen-bond acceptors (Lipinski definition) is 5. The Hall–Kier alpha value is -0.230. The lowest BCUT2D eigenvalue weighted by Crippen LogP contribution is -2.35. The van der Waals surface area contributed by atoms with Gasteiger partial charge in [-0.05, 0) is 70.2 Å². The fourth-order valence-electron chi connectivity index (χ4n) is 3.09. The largest absolute Gasteiger partial charge is 0.392 e. The number of thioether (sulfide) groups is 1. The molecule has 0 radical (unpaired) electrons. The first-order valence-electron chi connectivity index (χ1n) is 9.85. The standard InChI is InChI=1S/C19H39N3OS/c1-4-12-21-13-6-8-16(5-2)22-15-17(23)10-11-19-18(20-3)9-7-14-24-19/h16-17,20-23H,4-15H2,1-3H3/t16-,17?/m1/s1. The van der Waals surface area contributed by atoms with Gasteiger partial charge in [0.2, 0.25) is 0 Å². The van der Waals surface area contributed by atoms with E-state index in [9.17, 15) is 5.11 Å². The first kappa shape index (κ1) is 21.8. The summed E-state index contributed by atoms with van der Waals surface area (Å²) >= 11 is 1.96. The summed E-state index contributed by atoms with van der Waals surface area (Å²) in [7, 11) is 2.01. The van der Waals surface area contributed by atoms with Crippen molar-refractivity contribution in [3.05, 3.63) is 10.6 Å². The van der Waals surface area contributed by atoms with Crippen molar-refractivity contribution in [2.24, 2.45) is 0 Å². The number of nitrogens with one attached hydrogen (secondary N) is 3. The molecular formula is C19H39N3OS. The first-order chi connectivity index (χ1) is 11.7. The molecule has 0 aliphatic carbocycles. The van der Waals surface area contributed by atoms with Crippen molar-refractivity contribution in [1.29, 1.82) is 0 Å². The minimum absolute atomic E-state index is 0.245. The van der Waals surface area contributed by atoms with Gasteiger partial charge in [-0.3, -0.25) is 0 Å². The van der Waals surface area contributed by atoms with Crippen molar-refractivity contribution in [3.8, 4) is 0 Å². The molecule has 0 aromatic heterocycles. The molecule has 0 aromatic carbocycles. The molecule has 0 fully saturated rings. The molecule has 0 bridgehead atoms. The predicted molar refractivity (Wildman–Crippen MR) is 107 cm³/mol. The van der Waals surface area contributed by atoms with Crippen molar-refractivity contribution in [3.63, 3.8) is 0 Å². The van der Waals surface area contributed by atoms with E-state index in [-0.39, 0.29) is 6.10 Å². The summed E-state index contributed by atoms with van der Waals surface area (Å²) in [5.41, 5.74) is 1.39. The molecule has 2 atom stereocenters. The van der Waals surface area contributed by atoms with Crippen LogP contribution in [0.3, 0.4) is 0 Å². The van der Waals surface area contributed by atoms with Gasteiger partial charge in [0.15, 0.2) is 0 Å². The van der Waals surface area contributed by atoms with E-state index in [2.05, 4.69) is 29.8 Å². The number of allylic oxidation sites excluding steroid dienone is 2. The van der Waals surface area contributed by atoms with Crippen LogP contribution in [0, 0.1) is 0 Å². The molecule has 1 heterocycles. The Balaban J connectivity index is 2.18. The predicted octanol–water partition coefficient (Wildman–Crippen LogP) is 3.23. The van der Waals surface area contributed by atoms with Gasteiger partial charge in [-0.15, -0.1) is 11.8 Å². The van der Waals surface area contributed by atoms with E-state index >= 15 is 0 Å². The van der Waals surface area contributed by atoms with Gasteiger partial charge in [-0.25, -0.2) is 0 Å². The normalized spacial score (nSPS) is 17.8. The van der Waals surface area contributed by atoms with Crippen LogP contribution in [0.4, 0.5) is 0 Å². The molecule has 142 valence electrons. The molecule has 1 rings (SSSR count). The van der Waals surface area contributed by atoms with Crippen LogP contribution >= 0.6 is 11.8 Å². The fourth-order valence-corrected chi connectivity index (χ4v) is 4.26. The number of aliphatic hydroxyl groups excluding tert-OH is 1. The molecule has 1 aliphatic heterocycles. The van der Waals surface area contributed by atoms with Crippen LogP contribution in [0.1, 0.15) is 65.2 Å². The highest BCUT2D eigenvalue weighted by Gasteiger charge is 2.15. The zero-order valence-electron chi connectivity index (χ0n) is 16.0. The Kier molecular flexibility index (Phi) is 12.7. The summed E-state index contributed by atoms with van der Waals surface area (Å²) in [5.74, 6) is 1.22. The minimum Gasteiger partial charge on any atom is -0.392 e. The van der Waals surface area contributed by atoms with Crippen molar-refractivity contribution in [1.82, 2.24) is 16.0 Å². The van der Waals surface area contributed by atoms with E-state index in [1.54, 1.807) is 0 Å². The maximum absolute atomic E-state index is 10.3. The van der Waals surface area contributed by atoms with Crippen LogP contribution in [-0.4, -0.2) is 49.7 Å². The maximum atomic E-state index is 10.3. The minimum atomic E-state index is -0.245. The lowest BCUT2D eigenvalue weighted by molar-refractivity contribution is 0.156. The Morgan fingerprint density at radius 1 is 1.21 bits per heavy atom. The second kappa shape index (κ2) is 14.0. The van der Waals surface area contributed by atoms with Gasteiger partial charge in [0, 0.05) is 30.2 Å². The average Bonchev–Trinajstić information content (AvgIpc) is 2.62. The van der Waals surface area contributed by atoms with Crippen molar-refractivity contribution < 1.29 is 5.11 Å². The van der Waals surface area contributed by atoms with Crippen LogP contribution < -0.4 is 16.0 Å². The second-order valence-corrected chi connectivity index (χ2v) is 7.89. The van der Waals surface area contributed by atoms with E-state index in [1.165, 1.54) is 42.0 Å². The van der Waals surface area contributed by atoms with Crippen molar-refractivity contribution in [2.45, 2.75) is 77.4 Å². The molecule has 4 nitrogen and oxygen atoms in total. The molecule has 1 unspecified atom stereocenters. The van der Waals surface area contributed by atoms with E-state index in [1.807, 2.05) is 18.8 Å². The van der Waals surface area contributed by atoms with E-state index in [4.69, 9.17) is 0 Å². The van der Waals surface area contributed by atoms with Crippen LogP contribution in [0.25, 0.3) is 0 Å². The molecule has 4 N–H and O–H groups in total. The molecule has 0 saturated heterocycles. The summed E-state index contributed by atoms with van der Waals surface area (Å²) in [6.07, 6.45) is 8.76. The van der Waals surface area contributed by atoms with Gasteiger partial charge >= 0.3 is 0 Å². The monoisotopic (exact) mass is 357 g/mol. The molecule has 0 amide bonds. The molecule has 24 heavy (non-hydrogen) atoms. The van der Waals surface area contributed by atoms with Crippen LogP contribution in [-0.2, 0) is 0 Å². The zero-order valence-corrected chi connectivity index (χ0v) is 16.8. The SMILES string of the molecule is CCCNCCC[C@@H](CC)NCC(O)CCC1=C(NC)CCCS1. The third kappa shape index (κ3) is 9.30. The number of rotatable bonds is 14. The lowest BCUT2D eigenvalue weighted by atomic mass is 10.1. The van der Waals surface area contributed by atoms with Gasteiger partial charge < -0.3 is 21.1 Å².